The summed E-state index contributed by atoms with van der Waals surface area (Å²) in [6.07, 6.45) is 2.49. The first-order valence-electron chi connectivity index (χ1n) is 6.18. The van der Waals surface area contributed by atoms with Crippen molar-refractivity contribution in [2.45, 2.75) is 46.5 Å². The number of anilines is 1. The van der Waals surface area contributed by atoms with Crippen LogP contribution in [-0.2, 0) is 0 Å². The molecule has 88 valence electrons. The standard InChI is InChI=1S/C15H23N/c1-14(2)9-11(10-15(14,3)4)12-7-5-6-8-13(12)16/h5-8,11H,9-10,16H2,1-4H3. The molecule has 0 unspecified atom stereocenters. The second-order valence-electron chi connectivity index (χ2n) is 6.50. The maximum Gasteiger partial charge on any atom is 0.0349 e. The summed E-state index contributed by atoms with van der Waals surface area (Å²) in [7, 11) is 0. The lowest BCUT2D eigenvalue weighted by molar-refractivity contribution is 0.157. The van der Waals surface area contributed by atoms with Gasteiger partial charge in [0, 0.05) is 5.69 Å². The second kappa shape index (κ2) is 3.51. The Morgan fingerprint density at radius 2 is 1.50 bits per heavy atom. The third-order valence-electron chi connectivity index (χ3n) is 4.78. The Morgan fingerprint density at radius 3 is 2.00 bits per heavy atom. The van der Waals surface area contributed by atoms with Crippen molar-refractivity contribution in [2.24, 2.45) is 10.8 Å². The molecule has 1 heteroatoms. The molecule has 0 bridgehead atoms. The molecule has 0 heterocycles. The van der Waals surface area contributed by atoms with E-state index in [-0.39, 0.29) is 0 Å². The van der Waals surface area contributed by atoms with Crippen LogP contribution in [0.4, 0.5) is 5.69 Å². The Morgan fingerprint density at radius 1 is 1.00 bits per heavy atom. The van der Waals surface area contributed by atoms with Crippen LogP contribution in [0.1, 0.15) is 52.0 Å². The van der Waals surface area contributed by atoms with E-state index >= 15 is 0 Å². The highest BCUT2D eigenvalue weighted by Gasteiger charge is 2.46. The molecule has 1 fully saturated rings. The molecule has 1 saturated carbocycles. The Hall–Kier alpha value is -0.980. The Labute approximate surface area is 99.0 Å². The van der Waals surface area contributed by atoms with E-state index in [1.807, 2.05) is 12.1 Å². The molecule has 0 radical (unpaired) electrons. The van der Waals surface area contributed by atoms with Crippen molar-refractivity contribution in [1.82, 2.24) is 0 Å². The van der Waals surface area contributed by atoms with Gasteiger partial charge in [0.15, 0.2) is 0 Å². The van der Waals surface area contributed by atoms with Crippen LogP contribution in [0.15, 0.2) is 24.3 Å². The fraction of sp³-hybridized carbons (Fsp3) is 0.600. The molecule has 2 rings (SSSR count). The van der Waals surface area contributed by atoms with E-state index in [1.54, 1.807) is 0 Å². The van der Waals surface area contributed by atoms with Crippen LogP contribution in [-0.4, -0.2) is 0 Å². The fourth-order valence-corrected chi connectivity index (χ4v) is 2.96. The van der Waals surface area contributed by atoms with Crippen molar-refractivity contribution < 1.29 is 0 Å². The Kier molecular flexibility index (Phi) is 2.52. The van der Waals surface area contributed by atoms with Gasteiger partial charge >= 0.3 is 0 Å². The molecule has 0 aromatic heterocycles. The minimum absolute atomic E-state index is 0.403. The lowest BCUT2D eigenvalue weighted by Crippen LogP contribution is -2.25. The van der Waals surface area contributed by atoms with Gasteiger partial charge in [0.1, 0.15) is 0 Å². The average Bonchev–Trinajstić information content (AvgIpc) is 2.36. The predicted molar refractivity (Wildman–Crippen MR) is 70.4 cm³/mol. The van der Waals surface area contributed by atoms with E-state index in [0.29, 0.717) is 16.7 Å². The molecule has 1 aromatic carbocycles. The Bertz CT molecular complexity index is 374. The number of hydrogen-bond acceptors (Lipinski definition) is 1. The third-order valence-corrected chi connectivity index (χ3v) is 4.78. The number of nitrogen functional groups attached to an aromatic ring is 1. The SMILES string of the molecule is CC1(C)CC(c2ccccc2N)CC1(C)C. The quantitative estimate of drug-likeness (QED) is 0.701. The number of nitrogens with two attached hydrogens (primary N) is 1. The number of hydrogen-bond donors (Lipinski definition) is 1. The topological polar surface area (TPSA) is 26.0 Å². The van der Waals surface area contributed by atoms with Crippen molar-refractivity contribution >= 4 is 5.69 Å². The van der Waals surface area contributed by atoms with Gasteiger partial charge in [-0.15, -0.1) is 0 Å². The lowest BCUT2D eigenvalue weighted by atomic mass is 9.71. The summed E-state index contributed by atoms with van der Waals surface area (Å²) in [6, 6.07) is 8.33. The van der Waals surface area contributed by atoms with E-state index in [4.69, 9.17) is 5.73 Å². The van der Waals surface area contributed by atoms with Crippen LogP contribution in [0, 0.1) is 10.8 Å². The van der Waals surface area contributed by atoms with Crippen LogP contribution < -0.4 is 5.73 Å². The zero-order valence-electron chi connectivity index (χ0n) is 10.9. The summed E-state index contributed by atoms with van der Waals surface area (Å²) >= 11 is 0. The predicted octanol–water partition coefficient (Wildman–Crippen LogP) is 4.20. The van der Waals surface area contributed by atoms with E-state index in [2.05, 4.69) is 39.8 Å². The van der Waals surface area contributed by atoms with Crippen molar-refractivity contribution in [3.63, 3.8) is 0 Å². The first-order valence-corrected chi connectivity index (χ1v) is 6.18. The van der Waals surface area contributed by atoms with Gasteiger partial charge in [-0.3, -0.25) is 0 Å². The van der Waals surface area contributed by atoms with Crippen molar-refractivity contribution in [1.29, 1.82) is 0 Å². The van der Waals surface area contributed by atoms with Crippen LogP contribution in [0.25, 0.3) is 0 Å². The lowest BCUT2D eigenvalue weighted by Gasteiger charge is -2.34. The van der Waals surface area contributed by atoms with Gasteiger partial charge in [-0.25, -0.2) is 0 Å². The van der Waals surface area contributed by atoms with Crippen molar-refractivity contribution in [3.8, 4) is 0 Å². The second-order valence-corrected chi connectivity index (χ2v) is 6.50. The molecule has 0 aliphatic heterocycles. The maximum atomic E-state index is 6.08. The summed E-state index contributed by atoms with van der Waals surface area (Å²) in [5, 5.41) is 0. The summed E-state index contributed by atoms with van der Waals surface area (Å²) < 4.78 is 0. The van der Waals surface area contributed by atoms with Gasteiger partial charge in [-0.2, -0.15) is 0 Å². The zero-order valence-corrected chi connectivity index (χ0v) is 10.9. The van der Waals surface area contributed by atoms with Gasteiger partial charge in [-0.05, 0) is 41.2 Å². The van der Waals surface area contributed by atoms with E-state index in [9.17, 15) is 0 Å². The van der Waals surface area contributed by atoms with Crippen LogP contribution in [0.3, 0.4) is 0 Å². The molecule has 2 N–H and O–H groups in total. The molecule has 0 atom stereocenters. The summed E-state index contributed by atoms with van der Waals surface area (Å²) in [5.41, 5.74) is 9.19. The number of benzene rings is 1. The van der Waals surface area contributed by atoms with Gasteiger partial charge < -0.3 is 5.73 Å². The molecular formula is C15H23N. The first-order chi connectivity index (χ1) is 7.33. The number of rotatable bonds is 1. The fourth-order valence-electron chi connectivity index (χ4n) is 2.96. The highest BCUT2D eigenvalue weighted by atomic mass is 14.6. The highest BCUT2D eigenvalue weighted by Crippen LogP contribution is 2.58. The summed E-state index contributed by atoms with van der Waals surface area (Å²) in [6.45, 7) is 9.52. The molecule has 1 aromatic rings. The van der Waals surface area contributed by atoms with Gasteiger partial charge in [0.2, 0.25) is 0 Å². The van der Waals surface area contributed by atoms with Gasteiger partial charge in [0.05, 0.1) is 0 Å². The van der Waals surface area contributed by atoms with Gasteiger partial charge in [-0.1, -0.05) is 45.9 Å². The van der Waals surface area contributed by atoms with E-state index < -0.39 is 0 Å². The number of para-hydroxylation sites is 1. The Balaban J connectivity index is 2.31. The molecule has 1 aliphatic rings. The minimum Gasteiger partial charge on any atom is -0.398 e. The minimum atomic E-state index is 0.403. The normalized spacial score (nSPS) is 23.5. The average molecular weight is 217 g/mol. The van der Waals surface area contributed by atoms with Crippen molar-refractivity contribution in [3.05, 3.63) is 29.8 Å². The van der Waals surface area contributed by atoms with Crippen LogP contribution >= 0.6 is 0 Å². The molecule has 1 nitrogen and oxygen atoms in total. The van der Waals surface area contributed by atoms with Crippen molar-refractivity contribution in [2.75, 3.05) is 5.73 Å². The van der Waals surface area contributed by atoms with E-state index in [0.717, 1.165) is 5.69 Å². The summed E-state index contributed by atoms with van der Waals surface area (Å²) in [5.74, 6) is 0.631. The molecule has 0 amide bonds. The maximum absolute atomic E-state index is 6.08. The molecule has 1 aliphatic carbocycles. The smallest absolute Gasteiger partial charge is 0.0349 e. The van der Waals surface area contributed by atoms with Gasteiger partial charge in [0.25, 0.3) is 0 Å². The van der Waals surface area contributed by atoms with Crippen LogP contribution in [0.5, 0.6) is 0 Å². The zero-order chi connectivity index (χ0) is 12.0. The molecule has 0 saturated heterocycles. The third kappa shape index (κ3) is 1.73. The molecule has 16 heavy (non-hydrogen) atoms. The van der Waals surface area contributed by atoms with E-state index in [1.165, 1.54) is 18.4 Å². The molecular weight excluding hydrogens is 194 g/mol. The monoisotopic (exact) mass is 217 g/mol. The molecule has 0 spiro atoms. The first kappa shape index (κ1) is 11.5. The van der Waals surface area contributed by atoms with Crippen LogP contribution in [0.2, 0.25) is 0 Å². The largest absolute Gasteiger partial charge is 0.398 e. The summed E-state index contributed by atoms with van der Waals surface area (Å²) in [4.78, 5) is 0. The highest BCUT2D eigenvalue weighted by molar-refractivity contribution is 5.49.